The van der Waals surface area contributed by atoms with Gasteiger partial charge < -0.3 is 25.0 Å². The number of piperidine rings is 1. The summed E-state index contributed by atoms with van der Waals surface area (Å²) in [5, 5.41) is 13.1. The third kappa shape index (κ3) is 4.29. The molecule has 2 aromatic rings. The smallest absolute Gasteiger partial charge is 0.347 e. The number of hydrogen-bond donors (Lipinski definition) is 3. The van der Waals surface area contributed by atoms with Gasteiger partial charge in [-0.05, 0) is 27.2 Å². The van der Waals surface area contributed by atoms with Crippen LogP contribution in [0.3, 0.4) is 0 Å². The number of amides is 1. The summed E-state index contributed by atoms with van der Waals surface area (Å²) < 4.78 is 5.84. The van der Waals surface area contributed by atoms with E-state index in [1.165, 1.54) is 0 Å². The standard InChI is InChI=1S/C17H22ClN5O4S/c1-4-27-11-7-23(17-20-8(2)12(28-17)16(25)26)6-5-10(11)21-15(24)14-19-9(3)13(18)22-14/h10-11H,4-7H2,1-3H3,(H,19,22)(H,21,24)(H,25,26)/t10-,11+/m1/s1. The van der Waals surface area contributed by atoms with Crippen molar-refractivity contribution in [2.45, 2.75) is 39.3 Å². The number of hydrogen-bond acceptors (Lipinski definition) is 7. The van der Waals surface area contributed by atoms with E-state index in [1.807, 2.05) is 11.8 Å². The van der Waals surface area contributed by atoms with Gasteiger partial charge in [-0.3, -0.25) is 4.79 Å². The fourth-order valence-electron chi connectivity index (χ4n) is 3.14. The van der Waals surface area contributed by atoms with E-state index < -0.39 is 5.97 Å². The molecule has 0 unspecified atom stereocenters. The van der Waals surface area contributed by atoms with Gasteiger partial charge in [0.2, 0.25) is 0 Å². The van der Waals surface area contributed by atoms with E-state index in [2.05, 4.69) is 20.3 Å². The lowest BCUT2D eigenvalue weighted by Gasteiger charge is -2.38. The molecule has 1 amide bonds. The molecule has 3 rings (SSSR count). The number of carbonyl (C=O) groups excluding carboxylic acids is 1. The third-order valence-corrected chi connectivity index (χ3v) is 6.12. The lowest BCUT2D eigenvalue weighted by molar-refractivity contribution is 0.0271. The minimum absolute atomic E-state index is 0.168. The number of imidazole rings is 1. The number of anilines is 1. The largest absolute Gasteiger partial charge is 0.477 e. The van der Waals surface area contributed by atoms with Crippen molar-refractivity contribution in [3.8, 4) is 0 Å². The first-order valence-electron chi connectivity index (χ1n) is 8.90. The number of aryl methyl sites for hydroxylation is 2. The average Bonchev–Trinajstić information content (AvgIpc) is 3.19. The van der Waals surface area contributed by atoms with E-state index in [-0.39, 0.29) is 33.9 Å². The van der Waals surface area contributed by atoms with Gasteiger partial charge in [-0.25, -0.2) is 14.8 Å². The first-order chi connectivity index (χ1) is 13.3. The van der Waals surface area contributed by atoms with Crippen molar-refractivity contribution in [3.63, 3.8) is 0 Å². The van der Waals surface area contributed by atoms with Crippen LogP contribution < -0.4 is 10.2 Å². The molecule has 2 atom stereocenters. The fraction of sp³-hybridized carbons (Fsp3) is 0.529. The normalized spacial score (nSPS) is 19.6. The Balaban J connectivity index is 1.71. The maximum Gasteiger partial charge on any atom is 0.347 e. The minimum Gasteiger partial charge on any atom is -0.477 e. The van der Waals surface area contributed by atoms with Gasteiger partial charge >= 0.3 is 5.97 Å². The van der Waals surface area contributed by atoms with Crippen molar-refractivity contribution in [1.29, 1.82) is 0 Å². The molecule has 9 nitrogen and oxygen atoms in total. The molecule has 0 bridgehead atoms. The van der Waals surface area contributed by atoms with Crippen LogP contribution in [0.15, 0.2) is 0 Å². The summed E-state index contributed by atoms with van der Waals surface area (Å²) in [6.45, 7) is 6.94. The molecule has 1 saturated heterocycles. The molecule has 28 heavy (non-hydrogen) atoms. The van der Waals surface area contributed by atoms with E-state index in [1.54, 1.807) is 13.8 Å². The first kappa shape index (κ1) is 20.6. The predicted octanol–water partition coefficient (Wildman–Crippen LogP) is 2.25. The Hall–Kier alpha value is -2.17. The third-order valence-electron chi connectivity index (χ3n) is 4.55. The van der Waals surface area contributed by atoms with E-state index in [0.717, 1.165) is 11.3 Å². The van der Waals surface area contributed by atoms with Gasteiger partial charge in [0.05, 0.1) is 23.5 Å². The molecular formula is C17H22ClN5O4S. The summed E-state index contributed by atoms with van der Waals surface area (Å²) in [6.07, 6.45) is 0.372. The minimum atomic E-state index is -0.975. The number of rotatable bonds is 6. The second-order valence-electron chi connectivity index (χ2n) is 6.53. The molecule has 2 aromatic heterocycles. The number of nitrogens with one attached hydrogen (secondary N) is 2. The van der Waals surface area contributed by atoms with Crippen LogP contribution in [0.4, 0.5) is 5.13 Å². The van der Waals surface area contributed by atoms with Crippen molar-refractivity contribution in [1.82, 2.24) is 20.3 Å². The lowest BCUT2D eigenvalue weighted by atomic mass is 10.0. The molecule has 1 aliphatic heterocycles. The molecule has 0 spiro atoms. The zero-order valence-electron chi connectivity index (χ0n) is 15.8. The Labute approximate surface area is 171 Å². The number of aromatic nitrogens is 3. The number of aromatic amines is 1. The van der Waals surface area contributed by atoms with E-state index >= 15 is 0 Å². The summed E-state index contributed by atoms with van der Waals surface area (Å²) in [5.41, 5.74) is 1.14. The molecule has 1 aliphatic rings. The lowest BCUT2D eigenvalue weighted by Crippen LogP contribution is -2.55. The summed E-state index contributed by atoms with van der Waals surface area (Å²) >= 11 is 7.07. The predicted molar refractivity (Wildman–Crippen MR) is 106 cm³/mol. The summed E-state index contributed by atoms with van der Waals surface area (Å²) in [5.74, 6) is -1.14. The van der Waals surface area contributed by atoms with E-state index in [9.17, 15) is 14.7 Å². The number of carboxylic acids is 1. The van der Waals surface area contributed by atoms with Gasteiger partial charge in [0, 0.05) is 19.7 Å². The Morgan fingerprint density at radius 3 is 2.75 bits per heavy atom. The second-order valence-corrected chi connectivity index (χ2v) is 7.86. The van der Waals surface area contributed by atoms with Gasteiger partial charge in [0.15, 0.2) is 16.1 Å². The van der Waals surface area contributed by atoms with Crippen LogP contribution in [0.1, 0.15) is 45.0 Å². The number of H-pyrrole nitrogens is 1. The first-order valence-corrected chi connectivity index (χ1v) is 10.1. The molecular weight excluding hydrogens is 406 g/mol. The molecule has 3 N–H and O–H groups in total. The number of carboxylic acid groups (broad SMARTS) is 1. The molecule has 0 saturated carbocycles. The fourth-order valence-corrected chi connectivity index (χ4v) is 4.21. The Morgan fingerprint density at radius 2 is 2.18 bits per heavy atom. The summed E-state index contributed by atoms with van der Waals surface area (Å²) in [6, 6.07) is -0.201. The molecule has 0 radical (unpaired) electrons. The Kier molecular flexibility index (Phi) is 6.21. The molecule has 11 heteroatoms. The van der Waals surface area contributed by atoms with Crippen molar-refractivity contribution >= 4 is 39.9 Å². The topological polar surface area (TPSA) is 120 Å². The number of nitrogens with zero attached hydrogens (tertiary/aromatic N) is 3. The van der Waals surface area contributed by atoms with Gasteiger partial charge in [0.1, 0.15) is 4.88 Å². The van der Waals surface area contributed by atoms with Crippen molar-refractivity contribution in [2.24, 2.45) is 0 Å². The summed E-state index contributed by atoms with van der Waals surface area (Å²) in [7, 11) is 0. The Morgan fingerprint density at radius 1 is 1.43 bits per heavy atom. The van der Waals surface area contributed by atoms with Crippen LogP contribution in [0.25, 0.3) is 0 Å². The van der Waals surface area contributed by atoms with Crippen LogP contribution in [0.5, 0.6) is 0 Å². The monoisotopic (exact) mass is 427 g/mol. The maximum atomic E-state index is 12.5. The second kappa shape index (κ2) is 8.46. The van der Waals surface area contributed by atoms with Crippen LogP contribution in [0, 0.1) is 13.8 Å². The van der Waals surface area contributed by atoms with Gasteiger partial charge in [0.25, 0.3) is 5.91 Å². The molecule has 152 valence electrons. The quantitative estimate of drug-likeness (QED) is 0.646. The maximum absolute atomic E-state index is 12.5. The van der Waals surface area contributed by atoms with Crippen LogP contribution in [-0.2, 0) is 4.74 Å². The van der Waals surface area contributed by atoms with Gasteiger partial charge in [-0.2, -0.15) is 0 Å². The summed E-state index contributed by atoms with van der Waals surface area (Å²) in [4.78, 5) is 37.3. The number of carbonyl (C=O) groups is 2. The average molecular weight is 428 g/mol. The van der Waals surface area contributed by atoms with E-state index in [4.69, 9.17) is 16.3 Å². The van der Waals surface area contributed by atoms with Crippen LogP contribution in [0.2, 0.25) is 5.15 Å². The molecule has 3 heterocycles. The Bertz CT molecular complexity index is 864. The number of ether oxygens (including phenoxy) is 1. The molecule has 0 aromatic carbocycles. The van der Waals surface area contributed by atoms with Crippen molar-refractivity contribution in [2.75, 3.05) is 24.6 Å². The highest BCUT2D eigenvalue weighted by Crippen LogP contribution is 2.29. The zero-order valence-corrected chi connectivity index (χ0v) is 17.4. The van der Waals surface area contributed by atoms with Crippen LogP contribution in [-0.4, -0.2) is 63.8 Å². The van der Waals surface area contributed by atoms with Crippen LogP contribution >= 0.6 is 22.9 Å². The number of thiazole rings is 1. The molecule has 0 aliphatic carbocycles. The highest BCUT2D eigenvalue weighted by atomic mass is 35.5. The van der Waals surface area contributed by atoms with E-state index in [0.29, 0.717) is 42.6 Å². The zero-order chi connectivity index (χ0) is 20.4. The van der Waals surface area contributed by atoms with Crippen molar-refractivity contribution in [3.05, 3.63) is 27.2 Å². The highest BCUT2D eigenvalue weighted by Gasteiger charge is 2.33. The number of halogens is 1. The SMILES string of the molecule is CCO[C@H]1CN(c2nc(C)c(C(=O)O)s2)CC[C@H]1NC(=O)c1nc(Cl)c(C)[nH]1. The van der Waals surface area contributed by atoms with Crippen molar-refractivity contribution < 1.29 is 19.4 Å². The molecule has 1 fully saturated rings. The highest BCUT2D eigenvalue weighted by molar-refractivity contribution is 7.17. The van der Waals surface area contributed by atoms with Gasteiger partial charge in [-0.1, -0.05) is 22.9 Å². The van der Waals surface area contributed by atoms with Gasteiger partial charge in [-0.15, -0.1) is 0 Å². The number of aromatic carboxylic acids is 1.